The number of amides is 1. The average molecular weight is 314 g/mol. The maximum absolute atomic E-state index is 12.0. The van der Waals surface area contributed by atoms with Crippen molar-refractivity contribution in [3.8, 4) is 0 Å². The second-order valence-corrected chi connectivity index (χ2v) is 11.0. The Hall–Kier alpha value is -0.723. The van der Waals surface area contributed by atoms with Crippen LogP contribution in [0.4, 0.5) is 5.82 Å². The number of anilines is 1. The van der Waals surface area contributed by atoms with Gasteiger partial charge < -0.3 is 10.6 Å². The van der Waals surface area contributed by atoms with Crippen molar-refractivity contribution in [3.63, 3.8) is 0 Å². The van der Waals surface area contributed by atoms with Crippen molar-refractivity contribution >= 4 is 35.7 Å². The van der Waals surface area contributed by atoms with E-state index in [1.165, 1.54) is 0 Å². The van der Waals surface area contributed by atoms with E-state index in [1.54, 1.807) is 6.07 Å². The normalized spacial score (nSPS) is 22.4. The van der Waals surface area contributed by atoms with Crippen LogP contribution in [0.25, 0.3) is 0 Å². The summed E-state index contributed by atoms with van der Waals surface area (Å²) in [4.78, 5) is 16.2. The van der Waals surface area contributed by atoms with Crippen LogP contribution in [0.2, 0.25) is 19.1 Å². The molecule has 1 fully saturated rings. The Bertz CT molecular complexity index is 438. The smallest absolute Gasteiger partial charge is 0.242 e. The van der Waals surface area contributed by atoms with E-state index in [0.29, 0.717) is 5.82 Å². The molecule has 0 spiro atoms. The Labute approximate surface area is 110 Å². The molecule has 17 heavy (non-hydrogen) atoms. The largest absolute Gasteiger partial charge is 0.309 e. The van der Waals surface area contributed by atoms with E-state index < -0.39 is 8.07 Å². The zero-order valence-electron chi connectivity index (χ0n) is 9.96. The molecule has 0 aliphatic carbocycles. The first-order chi connectivity index (χ1) is 7.96. The Balaban J connectivity index is 1.98. The highest BCUT2D eigenvalue weighted by molar-refractivity contribution is 9.10. The molecule has 1 amide bonds. The second-order valence-electron chi connectivity index (χ2n) is 5.14. The van der Waals surface area contributed by atoms with Crippen molar-refractivity contribution in [2.75, 3.05) is 11.5 Å². The topological polar surface area (TPSA) is 54.0 Å². The quantitative estimate of drug-likeness (QED) is 0.648. The number of pyridine rings is 1. The summed E-state index contributed by atoms with van der Waals surface area (Å²) in [7, 11) is -1.20. The van der Waals surface area contributed by atoms with E-state index in [2.05, 4.69) is 44.6 Å². The number of halogens is 1. The molecule has 4 nitrogen and oxygen atoms in total. The van der Waals surface area contributed by atoms with Gasteiger partial charge in [-0.2, -0.15) is 0 Å². The van der Waals surface area contributed by atoms with Gasteiger partial charge in [-0.25, -0.2) is 4.98 Å². The van der Waals surface area contributed by atoms with E-state index in [1.807, 2.05) is 12.1 Å². The van der Waals surface area contributed by atoms with Crippen molar-refractivity contribution in [3.05, 3.63) is 22.8 Å². The first-order valence-electron chi connectivity index (χ1n) is 5.63. The number of hydrogen-bond donors (Lipinski definition) is 2. The third kappa shape index (κ3) is 3.37. The molecule has 0 aromatic carbocycles. The Morgan fingerprint density at radius 2 is 2.35 bits per heavy atom. The monoisotopic (exact) mass is 313 g/mol. The highest BCUT2D eigenvalue weighted by Crippen LogP contribution is 2.19. The van der Waals surface area contributed by atoms with Crippen molar-refractivity contribution in [1.29, 1.82) is 0 Å². The number of rotatable bonds is 2. The van der Waals surface area contributed by atoms with Crippen molar-refractivity contribution < 1.29 is 4.79 Å². The number of nitrogens with zero attached hydrogens (tertiary/aromatic N) is 1. The van der Waals surface area contributed by atoms with Gasteiger partial charge in [0.2, 0.25) is 5.91 Å². The Morgan fingerprint density at radius 1 is 1.59 bits per heavy atom. The molecule has 1 aromatic rings. The molecule has 0 saturated carbocycles. The molecule has 0 bridgehead atoms. The molecule has 2 heterocycles. The van der Waals surface area contributed by atoms with Crippen molar-refractivity contribution in [2.24, 2.45) is 0 Å². The summed E-state index contributed by atoms with van der Waals surface area (Å²) >= 11 is 3.28. The third-order valence-corrected chi connectivity index (χ3v) is 5.98. The van der Waals surface area contributed by atoms with Gasteiger partial charge in [0, 0.05) is 0 Å². The maximum Gasteiger partial charge on any atom is 0.242 e. The van der Waals surface area contributed by atoms with Crippen LogP contribution in [0.15, 0.2) is 22.8 Å². The fourth-order valence-electron chi connectivity index (χ4n) is 1.97. The highest BCUT2D eigenvalue weighted by atomic mass is 79.9. The molecule has 92 valence electrons. The molecular weight excluding hydrogens is 298 g/mol. The van der Waals surface area contributed by atoms with Crippen LogP contribution in [0.5, 0.6) is 0 Å². The lowest BCUT2D eigenvalue weighted by Gasteiger charge is -2.13. The lowest BCUT2D eigenvalue weighted by Crippen LogP contribution is -2.35. The van der Waals surface area contributed by atoms with Gasteiger partial charge in [-0.15, -0.1) is 0 Å². The third-order valence-electron chi connectivity index (χ3n) is 2.87. The van der Waals surface area contributed by atoms with Gasteiger partial charge in [-0.3, -0.25) is 4.79 Å². The van der Waals surface area contributed by atoms with Gasteiger partial charge >= 0.3 is 0 Å². The number of carbonyl (C=O) groups is 1. The molecule has 0 radical (unpaired) electrons. The minimum absolute atomic E-state index is 0.0219. The van der Waals surface area contributed by atoms with Crippen LogP contribution < -0.4 is 10.6 Å². The van der Waals surface area contributed by atoms with Crippen LogP contribution in [0, 0.1) is 0 Å². The van der Waals surface area contributed by atoms with Crippen molar-refractivity contribution in [2.45, 2.75) is 25.2 Å². The first kappa shape index (κ1) is 12.7. The average Bonchev–Trinajstić information content (AvgIpc) is 2.59. The molecule has 1 aliphatic rings. The van der Waals surface area contributed by atoms with Gasteiger partial charge in [0.05, 0.1) is 14.1 Å². The predicted octanol–water partition coefficient (Wildman–Crippen LogP) is 2.00. The molecule has 0 unspecified atom stereocenters. The van der Waals surface area contributed by atoms with Crippen molar-refractivity contribution in [1.82, 2.24) is 10.3 Å². The lowest BCUT2D eigenvalue weighted by atomic mass is 10.3. The summed E-state index contributed by atoms with van der Waals surface area (Å²) in [5.41, 5.74) is 0. The molecule has 1 aromatic heterocycles. The fourth-order valence-corrected chi connectivity index (χ4v) is 4.69. The predicted molar refractivity (Wildman–Crippen MR) is 74.6 cm³/mol. The van der Waals surface area contributed by atoms with Gasteiger partial charge in [0.15, 0.2) is 0 Å². The molecule has 2 N–H and O–H groups in total. The van der Waals surface area contributed by atoms with E-state index in [9.17, 15) is 4.79 Å². The molecule has 2 rings (SSSR count). The lowest BCUT2D eigenvalue weighted by molar-refractivity contribution is -0.117. The first-order valence-corrected chi connectivity index (χ1v) is 9.84. The Morgan fingerprint density at radius 3 is 2.94 bits per heavy atom. The molecule has 1 saturated heterocycles. The Kier molecular flexibility index (Phi) is 3.65. The van der Waals surface area contributed by atoms with E-state index in [4.69, 9.17) is 0 Å². The van der Waals surface area contributed by atoms with Gasteiger partial charge in [0.25, 0.3) is 0 Å². The summed E-state index contributed by atoms with van der Waals surface area (Å²) in [6.45, 7) is 4.59. The van der Waals surface area contributed by atoms with E-state index >= 15 is 0 Å². The second kappa shape index (κ2) is 4.87. The van der Waals surface area contributed by atoms with Crippen LogP contribution in [0.1, 0.15) is 0 Å². The minimum Gasteiger partial charge on any atom is -0.309 e. The number of hydrogen-bond acceptors (Lipinski definition) is 3. The molecule has 1 aliphatic heterocycles. The maximum atomic E-state index is 12.0. The van der Waals surface area contributed by atoms with Gasteiger partial charge in [-0.05, 0) is 40.3 Å². The van der Waals surface area contributed by atoms with Crippen LogP contribution >= 0.6 is 15.9 Å². The summed E-state index contributed by atoms with van der Waals surface area (Å²) in [6.07, 6.45) is 1.01. The van der Waals surface area contributed by atoms with Crippen LogP contribution in [0.3, 0.4) is 0 Å². The zero-order chi connectivity index (χ0) is 12.5. The molecule has 6 heteroatoms. The van der Waals surface area contributed by atoms with E-state index in [0.717, 1.165) is 16.8 Å². The summed E-state index contributed by atoms with van der Waals surface area (Å²) in [5.74, 6) is 0.617. The molecule has 1 atom stereocenters. The standard InChI is InChI=1S/C11H16BrN3OSi/c1-17(2)6-8(13-7-17)11(16)15-10-5-3-4-9(12)14-10/h3-5,8,13H,6-7H2,1-2H3,(H,14,15,16)/t8-/m0/s1. The minimum atomic E-state index is -1.20. The fraction of sp³-hybridized carbons (Fsp3) is 0.455. The van der Waals surface area contributed by atoms with Gasteiger partial charge in [-0.1, -0.05) is 19.2 Å². The molecular formula is C11H16BrN3OSi. The van der Waals surface area contributed by atoms with E-state index in [-0.39, 0.29) is 11.9 Å². The zero-order valence-corrected chi connectivity index (χ0v) is 12.5. The van der Waals surface area contributed by atoms with Crippen LogP contribution in [-0.4, -0.2) is 31.2 Å². The summed E-state index contributed by atoms with van der Waals surface area (Å²) < 4.78 is 0.726. The van der Waals surface area contributed by atoms with Gasteiger partial charge in [0.1, 0.15) is 10.4 Å². The summed E-state index contributed by atoms with van der Waals surface area (Å²) in [6, 6.07) is 6.41. The number of carbonyl (C=O) groups excluding carboxylic acids is 1. The summed E-state index contributed by atoms with van der Waals surface area (Å²) in [5, 5.41) is 6.13. The highest BCUT2D eigenvalue weighted by Gasteiger charge is 2.36. The van der Waals surface area contributed by atoms with Crippen LogP contribution in [-0.2, 0) is 4.79 Å². The SMILES string of the molecule is C[Si]1(C)CN[C@H](C(=O)Nc2cccc(Br)n2)C1. The number of aromatic nitrogens is 1. The number of nitrogens with one attached hydrogen (secondary N) is 2.